The molecule has 0 unspecified atom stereocenters. The molecule has 0 bridgehead atoms. The van der Waals surface area contributed by atoms with Gasteiger partial charge in [-0.3, -0.25) is 4.55 Å². The van der Waals surface area contributed by atoms with Crippen LogP contribution in [-0.2, 0) is 19.3 Å². The predicted molar refractivity (Wildman–Crippen MR) is 85.7 cm³/mol. The molecule has 0 aromatic heterocycles. The third kappa shape index (κ3) is 6.44. The Morgan fingerprint density at radius 2 is 1.92 bits per heavy atom. The summed E-state index contributed by atoms with van der Waals surface area (Å²) in [5, 5.41) is 38.0. The molecule has 5 N–H and O–H groups in total. The van der Waals surface area contributed by atoms with Crippen LogP contribution in [0.4, 0.5) is 0 Å². The van der Waals surface area contributed by atoms with E-state index in [0.717, 1.165) is 6.42 Å². The topological polar surface area (TPSA) is 166 Å². The van der Waals surface area contributed by atoms with Crippen molar-refractivity contribution in [2.45, 2.75) is 50.1 Å². The van der Waals surface area contributed by atoms with E-state index in [4.69, 9.17) is 14.4 Å². The van der Waals surface area contributed by atoms with E-state index < -0.39 is 52.1 Å². The largest absolute Gasteiger partial charge is 0.448 e. The average Bonchev–Trinajstić information content (AvgIpc) is 2.51. The lowest BCUT2D eigenvalue weighted by atomic mass is 10.0. The fraction of sp³-hybridized carbons (Fsp3) is 0.917. The molecule has 0 saturated carbocycles. The van der Waals surface area contributed by atoms with Gasteiger partial charge in [-0.2, -0.15) is 8.42 Å². The minimum Gasteiger partial charge on any atom is -0.394 e. The Morgan fingerprint density at radius 1 is 1.29 bits per heavy atom. The summed E-state index contributed by atoms with van der Waals surface area (Å²) >= 11 is 0.512. The highest BCUT2D eigenvalue weighted by Gasteiger charge is 2.44. The number of hydrogen-bond acceptors (Lipinski definition) is 10. The van der Waals surface area contributed by atoms with Crippen LogP contribution in [-0.4, -0.2) is 81.6 Å². The summed E-state index contributed by atoms with van der Waals surface area (Å²) in [6.45, 7) is 3.35. The lowest BCUT2D eigenvalue weighted by molar-refractivity contribution is -0.205. The van der Waals surface area contributed by atoms with Gasteiger partial charge < -0.3 is 29.3 Å². The second-order valence-corrected chi connectivity index (χ2v) is 7.52. The standard InChI is InChI=1S/C12H23NO9S2/c1-3-6(2)4-13-12(22-24(18,19)20)23-11-10(17)9(16)8(15)7(5-14)21-11/h6-11,14-17H,3-5H2,1-2H3,(H,18,19,20)/t6-,7+,8+,9-,10+,11-/m0/s1. The van der Waals surface area contributed by atoms with Crippen molar-refractivity contribution >= 4 is 27.4 Å². The van der Waals surface area contributed by atoms with Gasteiger partial charge in [0.05, 0.1) is 6.61 Å². The maximum atomic E-state index is 10.9. The SMILES string of the molecule is CC[C@H](C)CN=C(OS(=O)(=O)O)S[C@@H]1O[C@H](CO)[C@@H](O)[C@H](O)[C@H]1O. The first-order valence-corrected chi connectivity index (χ1v) is 9.52. The Kier molecular flexibility index (Phi) is 8.35. The van der Waals surface area contributed by atoms with Crippen LogP contribution in [0.2, 0.25) is 0 Å². The molecule has 0 aromatic carbocycles. The number of aliphatic imine (C=N–C) groups is 1. The van der Waals surface area contributed by atoms with Crippen molar-refractivity contribution < 1.29 is 42.3 Å². The smallest absolute Gasteiger partial charge is 0.394 e. The van der Waals surface area contributed by atoms with Crippen molar-refractivity contribution in [2.24, 2.45) is 10.9 Å². The number of nitrogens with zero attached hydrogens (tertiary/aromatic N) is 1. The highest BCUT2D eigenvalue weighted by atomic mass is 32.3. The summed E-state index contributed by atoms with van der Waals surface area (Å²) in [6, 6.07) is 0. The van der Waals surface area contributed by atoms with Crippen molar-refractivity contribution in [3.8, 4) is 0 Å². The molecule has 1 fully saturated rings. The van der Waals surface area contributed by atoms with Gasteiger partial charge in [0.2, 0.25) is 0 Å². The van der Waals surface area contributed by atoms with Crippen molar-refractivity contribution in [1.29, 1.82) is 0 Å². The maximum Gasteiger partial charge on any atom is 0.448 e. The van der Waals surface area contributed by atoms with E-state index in [-0.39, 0.29) is 12.5 Å². The van der Waals surface area contributed by atoms with Gasteiger partial charge in [0.25, 0.3) is 5.23 Å². The number of rotatable bonds is 6. The lowest BCUT2D eigenvalue weighted by Gasteiger charge is -2.39. The summed E-state index contributed by atoms with van der Waals surface area (Å²) in [5.74, 6) is 0.111. The van der Waals surface area contributed by atoms with Crippen molar-refractivity contribution in [3.05, 3.63) is 0 Å². The highest BCUT2D eigenvalue weighted by molar-refractivity contribution is 8.14. The van der Waals surface area contributed by atoms with Crippen molar-refractivity contribution in [3.63, 3.8) is 0 Å². The van der Waals surface area contributed by atoms with Gasteiger partial charge in [0.1, 0.15) is 29.9 Å². The van der Waals surface area contributed by atoms with Crippen LogP contribution in [0.15, 0.2) is 4.99 Å². The molecule has 1 aliphatic heterocycles. The minimum atomic E-state index is -4.84. The Hall–Kier alpha value is -0.470. The molecule has 10 nitrogen and oxygen atoms in total. The zero-order valence-corrected chi connectivity index (χ0v) is 14.9. The zero-order chi connectivity index (χ0) is 18.5. The van der Waals surface area contributed by atoms with Gasteiger partial charge in [0.15, 0.2) is 0 Å². The summed E-state index contributed by atoms with van der Waals surface area (Å²) in [5.41, 5.74) is -1.27. The summed E-state index contributed by atoms with van der Waals surface area (Å²) in [4.78, 5) is 3.92. The first-order valence-electron chi connectivity index (χ1n) is 7.27. The molecule has 142 valence electrons. The zero-order valence-electron chi connectivity index (χ0n) is 13.2. The van der Waals surface area contributed by atoms with E-state index in [9.17, 15) is 23.7 Å². The fourth-order valence-corrected chi connectivity index (χ4v) is 3.29. The van der Waals surface area contributed by atoms with E-state index in [1.165, 1.54) is 0 Å². The minimum absolute atomic E-state index is 0.111. The number of aliphatic hydroxyl groups is 4. The molecule has 0 aromatic rings. The molecule has 6 atom stereocenters. The van der Waals surface area contributed by atoms with Crippen LogP contribution in [0.25, 0.3) is 0 Å². The van der Waals surface area contributed by atoms with E-state index in [1.54, 1.807) is 0 Å². The molecule has 1 heterocycles. The summed E-state index contributed by atoms with van der Waals surface area (Å²) in [7, 11) is -4.84. The lowest BCUT2D eigenvalue weighted by Crippen LogP contribution is -2.57. The Bertz CT molecular complexity index is 525. The van der Waals surface area contributed by atoms with Crippen LogP contribution in [0, 0.1) is 5.92 Å². The van der Waals surface area contributed by atoms with Crippen LogP contribution < -0.4 is 0 Å². The summed E-state index contributed by atoms with van der Waals surface area (Å²) in [6.07, 6.45) is -5.12. The Labute approximate surface area is 144 Å². The Balaban J connectivity index is 2.91. The first kappa shape index (κ1) is 21.6. The molecule has 0 aliphatic carbocycles. The van der Waals surface area contributed by atoms with Gasteiger partial charge in [0, 0.05) is 6.54 Å². The first-order chi connectivity index (χ1) is 11.1. The van der Waals surface area contributed by atoms with Crippen LogP contribution in [0.1, 0.15) is 20.3 Å². The second-order valence-electron chi connectivity index (χ2n) is 5.45. The summed E-state index contributed by atoms with van der Waals surface area (Å²) < 4.78 is 40.2. The number of hydrogen-bond donors (Lipinski definition) is 5. The number of thioether (sulfide) groups is 1. The van der Waals surface area contributed by atoms with E-state index in [0.29, 0.717) is 11.8 Å². The molecule has 0 spiro atoms. The molecule has 0 amide bonds. The molecule has 12 heteroatoms. The molecule has 24 heavy (non-hydrogen) atoms. The third-order valence-corrected chi connectivity index (χ3v) is 4.98. The molecule has 0 radical (unpaired) electrons. The van der Waals surface area contributed by atoms with Gasteiger partial charge in [-0.25, -0.2) is 4.99 Å². The van der Waals surface area contributed by atoms with Crippen LogP contribution >= 0.6 is 11.8 Å². The normalized spacial score (nSPS) is 33.3. The van der Waals surface area contributed by atoms with Gasteiger partial charge in [-0.1, -0.05) is 20.3 Å². The van der Waals surface area contributed by atoms with E-state index >= 15 is 0 Å². The van der Waals surface area contributed by atoms with Crippen molar-refractivity contribution in [2.75, 3.05) is 13.2 Å². The van der Waals surface area contributed by atoms with E-state index in [2.05, 4.69) is 9.18 Å². The molecule has 1 aliphatic rings. The molecule has 1 rings (SSSR count). The average molecular weight is 389 g/mol. The van der Waals surface area contributed by atoms with E-state index in [1.807, 2.05) is 13.8 Å². The van der Waals surface area contributed by atoms with Crippen LogP contribution in [0.3, 0.4) is 0 Å². The number of ether oxygens (including phenoxy) is 1. The van der Waals surface area contributed by atoms with Gasteiger partial charge >= 0.3 is 10.4 Å². The third-order valence-electron chi connectivity index (χ3n) is 3.47. The second kappa shape index (κ2) is 9.29. The molecule has 1 saturated heterocycles. The molecular weight excluding hydrogens is 366 g/mol. The van der Waals surface area contributed by atoms with Crippen LogP contribution in [0.5, 0.6) is 0 Å². The van der Waals surface area contributed by atoms with Gasteiger partial charge in [-0.15, -0.1) is 0 Å². The van der Waals surface area contributed by atoms with Crippen molar-refractivity contribution in [1.82, 2.24) is 0 Å². The Morgan fingerprint density at radius 3 is 2.42 bits per heavy atom. The monoisotopic (exact) mass is 389 g/mol. The number of aliphatic hydroxyl groups excluding tert-OH is 4. The maximum absolute atomic E-state index is 10.9. The predicted octanol–water partition coefficient (Wildman–Crippen LogP) is -1.26. The highest BCUT2D eigenvalue weighted by Crippen LogP contribution is 2.30. The quantitative estimate of drug-likeness (QED) is 0.210. The molecular formula is C12H23NO9S2. The van der Waals surface area contributed by atoms with Gasteiger partial charge in [-0.05, 0) is 17.7 Å². The fourth-order valence-electron chi connectivity index (χ4n) is 1.80.